The maximum absolute atomic E-state index is 13.0. The highest BCUT2D eigenvalue weighted by molar-refractivity contribution is 5.86. The molecule has 7 heteroatoms. The number of ether oxygens (including phenoxy) is 1. The summed E-state index contributed by atoms with van der Waals surface area (Å²) < 4.78 is 5.66. The molecule has 184 valence electrons. The summed E-state index contributed by atoms with van der Waals surface area (Å²) in [5.41, 5.74) is 4.23. The van der Waals surface area contributed by atoms with Crippen molar-refractivity contribution in [2.24, 2.45) is 11.3 Å². The van der Waals surface area contributed by atoms with Gasteiger partial charge in [-0.15, -0.1) is 0 Å². The number of hydrogen-bond acceptors (Lipinski definition) is 4. The van der Waals surface area contributed by atoms with E-state index in [1.54, 1.807) is 0 Å². The van der Waals surface area contributed by atoms with Gasteiger partial charge in [0.25, 0.3) is 0 Å². The predicted octanol–water partition coefficient (Wildman–Crippen LogP) is 4.46. The smallest absolute Gasteiger partial charge is 0.407 e. The normalized spacial score (nSPS) is 18.9. The SMILES string of the molecule is O=C(O)CC1(CNC(=O)C(NC(=O)OCC2c3ccccc3-c3ccccc32)C2CCC2)CCC1. The molecule has 0 aliphatic heterocycles. The van der Waals surface area contributed by atoms with Gasteiger partial charge in [-0.05, 0) is 59.3 Å². The third-order valence-corrected chi connectivity index (χ3v) is 8.10. The van der Waals surface area contributed by atoms with E-state index in [0.29, 0.717) is 6.54 Å². The van der Waals surface area contributed by atoms with Crippen LogP contribution < -0.4 is 10.6 Å². The molecule has 2 aromatic rings. The number of benzene rings is 2. The molecule has 7 nitrogen and oxygen atoms in total. The third kappa shape index (κ3) is 4.77. The minimum absolute atomic E-state index is 0.0429. The number of rotatable bonds is 9. The average molecular weight is 477 g/mol. The molecule has 0 radical (unpaired) electrons. The largest absolute Gasteiger partial charge is 0.481 e. The number of aliphatic carboxylic acids is 1. The Balaban J connectivity index is 1.21. The van der Waals surface area contributed by atoms with Crippen LogP contribution in [0, 0.1) is 11.3 Å². The topological polar surface area (TPSA) is 105 Å². The van der Waals surface area contributed by atoms with Crippen molar-refractivity contribution in [3.05, 3.63) is 59.7 Å². The lowest BCUT2D eigenvalue weighted by Gasteiger charge is -2.41. The number of nitrogens with one attached hydrogen (secondary N) is 2. The Bertz CT molecular complexity index is 1080. The second-order valence-electron chi connectivity index (χ2n) is 10.3. The molecule has 2 fully saturated rings. The molecule has 0 heterocycles. The molecular weight excluding hydrogens is 444 g/mol. The van der Waals surface area contributed by atoms with Crippen LogP contribution in [0.25, 0.3) is 11.1 Å². The lowest BCUT2D eigenvalue weighted by Crippen LogP contribution is -2.55. The van der Waals surface area contributed by atoms with Crippen molar-refractivity contribution in [3.63, 3.8) is 0 Å². The molecule has 3 N–H and O–H groups in total. The molecule has 2 aromatic carbocycles. The summed E-state index contributed by atoms with van der Waals surface area (Å²) in [6.07, 6.45) is 4.83. The van der Waals surface area contributed by atoms with Crippen molar-refractivity contribution in [1.29, 1.82) is 0 Å². The number of fused-ring (bicyclic) bond motifs is 3. The Morgan fingerprint density at radius 1 is 0.971 bits per heavy atom. The van der Waals surface area contributed by atoms with Gasteiger partial charge < -0.3 is 20.5 Å². The second-order valence-corrected chi connectivity index (χ2v) is 10.3. The fourth-order valence-corrected chi connectivity index (χ4v) is 5.74. The number of carbonyl (C=O) groups excluding carboxylic acids is 2. The van der Waals surface area contributed by atoms with E-state index < -0.39 is 18.1 Å². The molecule has 0 aromatic heterocycles. The van der Waals surface area contributed by atoms with Gasteiger partial charge in [0.05, 0.1) is 6.42 Å². The highest BCUT2D eigenvalue weighted by Gasteiger charge is 2.41. The van der Waals surface area contributed by atoms with Gasteiger partial charge >= 0.3 is 12.1 Å². The summed E-state index contributed by atoms with van der Waals surface area (Å²) in [4.78, 5) is 37.1. The summed E-state index contributed by atoms with van der Waals surface area (Å²) in [6, 6.07) is 15.7. The van der Waals surface area contributed by atoms with Gasteiger partial charge in [0.1, 0.15) is 12.6 Å². The molecule has 35 heavy (non-hydrogen) atoms. The standard InChI is InChI=1S/C28H32N2O5/c31-24(32)15-28(13-6-14-28)17-29-26(33)25(18-7-5-8-18)30-27(34)35-16-23-21-11-3-1-9-19(21)20-10-2-4-12-22(20)23/h1-4,9-12,18,23,25H,5-8,13-17H2,(H,29,33)(H,30,34)(H,31,32). The molecule has 3 aliphatic rings. The molecular formula is C28H32N2O5. The van der Waals surface area contributed by atoms with E-state index in [2.05, 4.69) is 34.9 Å². The molecule has 0 saturated heterocycles. The first kappa shape index (κ1) is 23.4. The van der Waals surface area contributed by atoms with Crippen LogP contribution in [0.5, 0.6) is 0 Å². The molecule has 2 saturated carbocycles. The van der Waals surface area contributed by atoms with E-state index in [-0.39, 0.29) is 36.2 Å². The molecule has 1 atom stereocenters. The molecule has 0 bridgehead atoms. The van der Waals surface area contributed by atoms with Crippen molar-refractivity contribution in [2.45, 2.75) is 56.9 Å². The lowest BCUT2D eigenvalue weighted by atomic mass is 9.66. The number of carboxylic acids is 1. The van der Waals surface area contributed by atoms with Crippen LogP contribution in [0.2, 0.25) is 0 Å². The number of hydrogen-bond donors (Lipinski definition) is 3. The minimum Gasteiger partial charge on any atom is -0.481 e. The molecule has 0 spiro atoms. The summed E-state index contributed by atoms with van der Waals surface area (Å²) in [5.74, 6) is -1.06. The van der Waals surface area contributed by atoms with Crippen LogP contribution in [0.1, 0.15) is 62.0 Å². The summed E-state index contributed by atoms with van der Waals surface area (Å²) in [7, 11) is 0. The van der Waals surface area contributed by atoms with E-state index in [1.165, 1.54) is 0 Å². The quantitative estimate of drug-likeness (QED) is 0.496. The first-order valence-corrected chi connectivity index (χ1v) is 12.6. The van der Waals surface area contributed by atoms with Gasteiger partial charge in [-0.2, -0.15) is 0 Å². The van der Waals surface area contributed by atoms with Crippen LogP contribution in [0.3, 0.4) is 0 Å². The summed E-state index contributed by atoms with van der Waals surface area (Å²) in [5, 5.41) is 15.0. The second kappa shape index (κ2) is 9.72. The van der Waals surface area contributed by atoms with Crippen molar-refractivity contribution < 1.29 is 24.2 Å². The number of carbonyl (C=O) groups is 3. The van der Waals surface area contributed by atoms with Gasteiger partial charge in [0.2, 0.25) is 5.91 Å². The Labute approximate surface area is 205 Å². The molecule has 5 rings (SSSR count). The fourth-order valence-electron chi connectivity index (χ4n) is 5.74. The van der Waals surface area contributed by atoms with Crippen molar-refractivity contribution in [2.75, 3.05) is 13.2 Å². The van der Waals surface area contributed by atoms with Crippen molar-refractivity contribution in [3.8, 4) is 11.1 Å². The maximum atomic E-state index is 13.0. The lowest BCUT2D eigenvalue weighted by molar-refractivity contribution is -0.142. The Hall–Kier alpha value is -3.35. The van der Waals surface area contributed by atoms with Gasteiger partial charge in [-0.25, -0.2) is 4.79 Å². The Kier molecular flexibility index (Phi) is 6.50. The summed E-state index contributed by atoms with van der Waals surface area (Å²) >= 11 is 0. The van der Waals surface area contributed by atoms with E-state index in [0.717, 1.165) is 60.8 Å². The number of amides is 2. The van der Waals surface area contributed by atoms with Crippen LogP contribution >= 0.6 is 0 Å². The van der Waals surface area contributed by atoms with Gasteiger partial charge in [0, 0.05) is 12.5 Å². The van der Waals surface area contributed by atoms with Crippen LogP contribution in [-0.2, 0) is 14.3 Å². The number of carboxylic acid groups (broad SMARTS) is 1. The Morgan fingerprint density at radius 3 is 2.11 bits per heavy atom. The van der Waals surface area contributed by atoms with Crippen molar-refractivity contribution >= 4 is 18.0 Å². The van der Waals surface area contributed by atoms with Crippen molar-refractivity contribution in [1.82, 2.24) is 10.6 Å². The zero-order chi connectivity index (χ0) is 24.4. The first-order valence-electron chi connectivity index (χ1n) is 12.6. The summed E-state index contributed by atoms with van der Waals surface area (Å²) in [6.45, 7) is 0.522. The van der Waals surface area contributed by atoms with Gasteiger partial charge in [0.15, 0.2) is 0 Å². The van der Waals surface area contributed by atoms with E-state index in [9.17, 15) is 19.5 Å². The highest BCUT2D eigenvalue weighted by atomic mass is 16.5. The fraction of sp³-hybridized carbons (Fsp3) is 0.464. The zero-order valence-corrected chi connectivity index (χ0v) is 19.8. The average Bonchev–Trinajstić information content (AvgIpc) is 3.11. The third-order valence-electron chi connectivity index (χ3n) is 8.10. The minimum atomic E-state index is -0.841. The monoisotopic (exact) mass is 476 g/mol. The molecule has 2 amide bonds. The number of alkyl carbamates (subject to hydrolysis) is 1. The van der Waals surface area contributed by atoms with E-state index in [4.69, 9.17) is 4.74 Å². The van der Waals surface area contributed by atoms with Crippen LogP contribution in [0.15, 0.2) is 48.5 Å². The predicted molar refractivity (Wildman–Crippen MR) is 131 cm³/mol. The Morgan fingerprint density at radius 2 is 1.60 bits per heavy atom. The van der Waals surface area contributed by atoms with Crippen LogP contribution in [0.4, 0.5) is 4.79 Å². The van der Waals surface area contributed by atoms with Gasteiger partial charge in [-0.1, -0.05) is 61.4 Å². The van der Waals surface area contributed by atoms with E-state index in [1.807, 2.05) is 24.3 Å². The molecule has 1 unspecified atom stereocenters. The van der Waals surface area contributed by atoms with Gasteiger partial charge in [-0.3, -0.25) is 9.59 Å². The van der Waals surface area contributed by atoms with E-state index >= 15 is 0 Å². The zero-order valence-electron chi connectivity index (χ0n) is 19.8. The molecule has 3 aliphatic carbocycles. The van der Waals surface area contributed by atoms with Crippen LogP contribution in [-0.4, -0.2) is 42.3 Å². The maximum Gasteiger partial charge on any atom is 0.407 e. The highest BCUT2D eigenvalue weighted by Crippen LogP contribution is 2.45. The first-order chi connectivity index (χ1) is 17.0.